The van der Waals surface area contributed by atoms with Crippen LogP contribution in [0.3, 0.4) is 0 Å². The first-order valence-electron chi connectivity index (χ1n) is 6.30. The van der Waals surface area contributed by atoms with Gasteiger partial charge in [-0.15, -0.1) is 0 Å². The van der Waals surface area contributed by atoms with Crippen LogP contribution >= 0.6 is 0 Å². The van der Waals surface area contributed by atoms with E-state index >= 15 is 0 Å². The second-order valence-electron chi connectivity index (χ2n) is 4.94. The van der Waals surface area contributed by atoms with Gasteiger partial charge in [-0.2, -0.15) is 0 Å². The molecule has 1 saturated carbocycles. The van der Waals surface area contributed by atoms with Crippen LogP contribution in [-0.4, -0.2) is 18.2 Å². The minimum atomic E-state index is -0.615. The van der Waals surface area contributed by atoms with E-state index in [0.29, 0.717) is 17.3 Å². The Morgan fingerprint density at radius 2 is 2.00 bits per heavy atom. The first-order chi connectivity index (χ1) is 8.09. The van der Waals surface area contributed by atoms with Crippen LogP contribution in [0.1, 0.15) is 44.3 Å². The Morgan fingerprint density at radius 3 is 2.53 bits per heavy atom. The molecule has 2 rings (SSSR count). The molecule has 1 aromatic carbocycles. The zero-order valence-electron chi connectivity index (χ0n) is 10.5. The molecule has 0 unspecified atom stereocenters. The number of aliphatic hydroxyl groups is 1. The molecule has 0 amide bonds. The maximum atomic E-state index is 14.0. The Morgan fingerprint density at radius 1 is 1.35 bits per heavy atom. The second-order valence-corrected chi connectivity index (χ2v) is 4.94. The van der Waals surface area contributed by atoms with Crippen molar-refractivity contribution < 1.29 is 9.50 Å². The molecule has 1 aromatic rings. The molecule has 2 nitrogen and oxygen atoms in total. The molecular weight excluding hydrogens is 217 g/mol. The smallest absolute Gasteiger partial charge is 0.146 e. The van der Waals surface area contributed by atoms with Crippen molar-refractivity contribution in [3.63, 3.8) is 0 Å². The Bertz CT molecular complexity index is 386. The topological polar surface area (TPSA) is 23.5 Å². The second kappa shape index (κ2) is 5.05. The first kappa shape index (κ1) is 12.4. The molecule has 0 heterocycles. The summed E-state index contributed by atoms with van der Waals surface area (Å²) >= 11 is 0. The molecule has 1 aliphatic carbocycles. The van der Waals surface area contributed by atoms with Crippen molar-refractivity contribution in [3.05, 3.63) is 29.6 Å². The third kappa shape index (κ3) is 2.60. The summed E-state index contributed by atoms with van der Waals surface area (Å²) in [7, 11) is 1.95. The Balaban J connectivity index is 2.20. The predicted molar refractivity (Wildman–Crippen MR) is 67.7 cm³/mol. The summed E-state index contributed by atoms with van der Waals surface area (Å²) in [5, 5.41) is 9.41. The fourth-order valence-corrected chi connectivity index (χ4v) is 2.56. The lowest BCUT2D eigenvalue weighted by Crippen LogP contribution is -2.29. The van der Waals surface area contributed by atoms with E-state index in [4.69, 9.17) is 0 Å². The van der Waals surface area contributed by atoms with Crippen LogP contribution in [0.2, 0.25) is 0 Å². The van der Waals surface area contributed by atoms with Crippen LogP contribution < -0.4 is 4.90 Å². The van der Waals surface area contributed by atoms with E-state index in [1.807, 2.05) is 11.9 Å². The molecular formula is C14H20FNO. The van der Waals surface area contributed by atoms with Crippen molar-refractivity contribution in [1.29, 1.82) is 0 Å². The Kier molecular flexibility index (Phi) is 3.67. The molecule has 0 aliphatic heterocycles. The summed E-state index contributed by atoms with van der Waals surface area (Å²) in [6.45, 7) is 1.65. The maximum absolute atomic E-state index is 14.0. The van der Waals surface area contributed by atoms with Crippen molar-refractivity contribution in [3.8, 4) is 0 Å². The minimum absolute atomic E-state index is 0.238. The molecule has 0 radical (unpaired) electrons. The molecule has 0 aromatic heterocycles. The molecule has 0 saturated heterocycles. The minimum Gasteiger partial charge on any atom is -0.389 e. The van der Waals surface area contributed by atoms with Gasteiger partial charge in [-0.05, 0) is 37.5 Å². The fraction of sp³-hybridized carbons (Fsp3) is 0.571. The lowest BCUT2D eigenvalue weighted by atomic mass is 10.1. The van der Waals surface area contributed by atoms with Gasteiger partial charge in [0.15, 0.2) is 0 Å². The van der Waals surface area contributed by atoms with E-state index in [-0.39, 0.29) is 5.82 Å². The first-order valence-corrected chi connectivity index (χ1v) is 6.30. The number of benzene rings is 1. The summed E-state index contributed by atoms with van der Waals surface area (Å²) in [5.74, 6) is -0.238. The van der Waals surface area contributed by atoms with Gasteiger partial charge in [0.25, 0.3) is 0 Å². The highest BCUT2D eigenvalue weighted by Gasteiger charge is 2.22. The predicted octanol–water partition coefficient (Wildman–Crippen LogP) is 3.26. The van der Waals surface area contributed by atoms with E-state index in [1.54, 1.807) is 19.1 Å². The van der Waals surface area contributed by atoms with Crippen molar-refractivity contribution in [2.45, 2.75) is 44.8 Å². The van der Waals surface area contributed by atoms with Crippen LogP contribution in [0.5, 0.6) is 0 Å². The van der Waals surface area contributed by atoms with Gasteiger partial charge in [0, 0.05) is 13.1 Å². The number of nitrogens with zero attached hydrogens (tertiary/aromatic N) is 1. The van der Waals surface area contributed by atoms with Crippen molar-refractivity contribution >= 4 is 5.69 Å². The summed E-state index contributed by atoms with van der Waals surface area (Å²) < 4.78 is 14.0. The molecule has 0 spiro atoms. The average molecular weight is 237 g/mol. The molecule has 3 heteroatoms. The molecule has 94 valence electrons. The third-order valence-corrected chi connectivity index (χ3v) is 3.71. The lowest BCUT2D eigenvalue weighted by molar-refractivity contribution is 0.199. The van der Waals surface area contributed by atoms with E-state index in [2.05, 4.69) is 0 Å². The highest BCUT2D eigenvalue weighted by atomic mass is 19.1. The van der Waals surface area contributed by atoms with E-state index in [0.717, 1.165) is 12.8 Å². The van der Waals surface area contributed by atoms with Gasteiger partial charge in [0.05, 0.1) is 11.8 Å². The van der Waals surface area contributed by atoms with Gasteiger partial charge in [0.1, 0.15) is 5.82 Å². The lowest BCUT2D eigenvalue weighted by Gasteiger charge is -2.27. The van der Waals surface area contributed by atoms with Crippen LogP contribution in [0.15, 0.2) is 18.2 Å². The van der Waals surface area contributed by atoms with Gasteiger partial charge in [0.2, 0.25) is 0 Å². The summed E-state index contributed by atoms with van der Waals surface area (Å²) in [6, 6.07) is 5.47. The number of aliphatic hydroxyl groups excluding tert-OH is 1. The third-order valence-electron chi connectivity index (χ3n) is 3.71. The number of rotatable bonds is 3. The number of anilines is 1. The van der Waals surface area contributed by atoms with Crippen LogP contribution in [0, 0.1) is 5.82 Å². The van der Waals surface area contributed by atoms with Crippen molar-refractivity contribution in [2.24, 2.45) is 0 Å². The van der Waals surface area contributed by atoms with Gasteiger partial charge in [-0.1, -0.05) is 18.9 Å². The Labute approximate surface area is 102 Å². The zero-order valence-corrected chi connectivity index (χ0v) is 10.5. The highest BCUT2D eigenvalue weighted by Crippen LogP contribution is 2.29. The number of halogens is 1. The monoisotopic (exact) mass is 237 g/mol. The van der Waals surface area contributed by atoms with Gasteiger partial charge in [-0.25, -0.2) is 4.39 Å². The molecule has 0 bridgehead atoms. The van der Waals surface area contributed by atoms with Gasteiger partial charge < -0.3 is 10.0 Å². The molecule has 1 atom stereocenters. The largest absolute Gasteiger partial charge is 0.389 e. The summed E-state index contributed by atoms with van der Waals surface area (Å²) in [6.07, 6.45) is 4.16. The zero-order chi connectivity index (χ0) is 12.4. The van der Waals surface area contributed by atoms with Crippen LogP contribution in [0.25, 0.3) is 0 Å². The SMILES string of the molecule is C[C@H](O)c1ccc(N(C)C2CCCC2)c(F)c1. The highest BCUT2D eigenvalue weighted by molar-refractivity contribution is 5.49. The summed E-state index contributed by atoms with van der Waals surface area (Å²) in [4.78, 5) is 2.04. The molecule has 17 heavy (non-hydrogen) atoms. The molecule has 1 N–H and O–H groups in total. The average Bonchev–Trinajstić information content (AvgIpc) is 2.81. The fourth-order valence-electron chi connectivity index (χ4n) is 2.56. The van der Waals surface area contributed by atoms with E-state index < -0.39 is 6.10 Å². The van der Waals surface area contributed by atoms with Gasteiger partial charge >= 0.3 is 0 Å². The van der Waals surface area contributed by atoms with Crippen molar-refractivity contribution in [2.75, 3.05) is 11.9 Å². The standard InChI is InChI=1S/C14H20FNO/c1-10(17)11-7-8-14(13(15)9-11)16(2)12-5-3-4-6-12/h7-10,12,17H,3-6H2,1-2H3/t10-/m0/s1. The quantitative estimate of drug-likeness (QED) is 0.872. The summed E-state index contributed by atoms with van der Waals surface area (Å²) in [5.41, 5.74) is 1.27. The van der Waals surface area contributed by atoms with Crippen LogP contribution in [-0.2, 0) is 0 Å². The Hall–Kier alpha value is -1.09. The van der Waals surface area contributed by atoms with E-state index in [9.17, 15) is 9.50 Å². The van der Waals surface area contributed by atoms with Gasteiger partial charge in [-0.3, -0.25) is 0 Å². The normalized spacial score (nSPS) is 18.4. The maximum Gasteiger partial charge on any atom is 0.146 e. The molecule has 1 fully saturated rings. The van der Waals surface area contributed by atoms with E-state index in [1.165, 1.54) is 18.9 Å². The number of hydrogen-bond donors (Lipinski definition) is 1. The number of hydrogen-bond acceptors (Lipinski definition) is 2. The van der Waals surface area contributed by atoms with Crippen molar-refractivity contribution in [1.82, 2.24) is 0 Å². The molecule has 1 aliphatic rings. The van der Waals surface area contributed by atoms with Crippen LogP contribution in [0.4, 0.5) is 10.1 Å².